The van der Waals surface area contributed by atoms with Gasteiger partial charge in [-0.05, 0) is 24.6 Å². The molecule has 0 atom stereocenters. The Balaban J connectivity index is 1.90. The predicted octanol–water partition coefficient (Wildman–Crippen LogP) is 4.67. The van der Waals surface area contributed by atoms with E-state index in [1.165, 1.54) is 11.1 Å². The summed E-state index contributed by atoms with van der Waals surface area (Å²) in [5, 5.41) is 0. The number of hydrogen-bond donors (Lipinski definition) is 0. The number of aryl methyl sites for hydroxylation is 1. The van der Waals surface area contributed by atoms with Gasteiger partial charge in [-0.15, -0.1) is 0 Å². The van der Waals surface area contributed by atoms with E-state index in [0.717, 1.165) is 22.4 Å². The lowest BCUT2D eigenvalue weighted by Crippen LogP contribution is -2.00. The molecule has 0 saturated carbocycles. The second kappa shape index (κ2) is 5.63. The normalized spacial score (nSPS) is 10.7. The number of aromatic nitrogens is 2. The second-order valence-electron chi connectivity index (χ2n) is 4.87. The van der Waals surface area contributed by atoms with E-state index in [-0.39, 0.29) is 0 Å². The van der Waals surface area contributed by atoms with Gasteiger partial charge in [-0.25, -0.2) is 4.98 Å². The molecule has 0 aliphatic carbocycles. The highest BCUT2D eigenvalue weighted by Gasteiger charge is 2.06. The van der Waals surface area contributed by atoms with E-state index in [9.17, 15) is 0 Å². The van der Waals surface area contributed by atoms with Gasteiger partial charge in [0.1, 0.15) is 5.82 Å². The van der Waals surface area contributed by atoms with E-state index < -0.39 is 0 Å². The molecule has 3 rings (SSSR count). The van der Waals surface area contributed by atoms with Crippen molar-refractivity contribution in [3.63, 3.8) is 0 Å². The molecule has 0 aliphatic rings. The van der Waals surface area contributed by atoms with Crippen LogP contribution in [0.4, 0.5) is 0 Å². The topological polar surface area (TPSA) is 17.8 Å². The molecule has 1 aromatic heterocycles. The van der Waals surface area contributed by atoms with Crippen molar-refractivity contribution >= 4 is 15.9 Å². The van der Waals surface area contributed by atoms with Crippen LogP contribution in [0.15, 0.2) is 65.4 Å². The third-order valence-electron chi connectivity index (χ3n) is 3.29. The Hall–Kier alpha value is -1.87. The molecule has 3 heteroatoms. The van der Waals surface area contributed by atoms with Crippen molar-refractivity contribution in [3.8, 4) is 11.4 Å². The maximum absolute atomic E-state index is 4.48. The van der Waals surface area contributed by atoms with Crippen LogP contribution < -0.4 is 0 Å². The van der Waals surface area contributed by atoms with Crippen molar-refractivity contribution in [1.82, 2.24) is 9.55 Å². The van der Waals surface area contributed by atoms with Gasteiger partial charge in [0.25, 0.3) is 0 Å². The molecule has 0 aliphatic heterocycles. The van der Waals surface area contributed by atoms with Crippen LogP contribution >= 0.6 is 15.9 Å². The van der Waals surface area contributed by atoms with Gasteiger partial charge < -0.3 is 4.57 Å². The Labute approximate surface area is 127 Å². The van der Waals surface area contributed by atoms with Gasteiger partial charge in [0.15, 0.2) is 0 Å². The lowest BCUT2D eigenvalue weighted by atomic mass is 10.1. The quantitative estimate of drug-likeness (QED) is 0.683. The Morgan fingerprint density at radius 3 is 2.40 bits per heavy atom. The van der Waals surface area contributed by atoms with E-state index in [2.05, 4.69) is 80.9 Å². The Morgan fingerprint density at radius 2 is 1.70 bits per heavy atom. The Bertz CT molecular complexity index is 697. The molecule has 0 radical (unpaired) electrons. The van der Waals surface area contributed by atoms with Gasteiger partial charge in [0.2, 0.25) is 0 Å². The molecule has 3 aromatic rings. The highest BCUT2D eigenvalue weighted by atomic mass is 79.9. The zero-order valence-corrected chi connectivity index (χ0v) is 12.8. The van der Waals surface area contributed by atoms with Crippen molar-refractivity contribution < 1.29 is 0 Å². The molecule has 100 valence electrons. The Kier molecular flexibility index (Phi) is 3.70. The van der Waals surface area contributed by atoms with Gasteiger partial charge in [0.05, 0.1) is 0 Å². The third kappa shape index (κ3) is 2.83. The van der Waals surface area contributed by atoms with Crippen molar-refractivity contribution in [3.05, 3.63) is 76.5 Å². The highest BCUT2D eigenvalue weighted by molar-refractivity contribution is 9.10. The highest BCUT2D eigenvalue weighted by Crippen LogP contribution is 2.19. The summed E-state index contributed by atoms with van der Waals surface area (Å²) in [7, 11) is 0. The SMILES string of the molecule is Cc1ccc(-c2nccn2Cc2ccc(Br)cc2)cc1. The summed E-state index contributed by atoms with van der Waals surface area (Å²) in [4.78, 5) is 4.48. The zero-order chi connectivity index (χ0) is 13.9. The van der Waals surface area contributed by atoms with Crippen LogP contribution in [0.2, 0.25) is 0 Å². The average molecular weight is 327 g/mol. The first-order chi connectivity index (χ1) is 9.72. The first-order valence-corrected chi connectivity index (χ1v) is 7.34. The number of benzene rings is 2. The van der Waals surface area contributed by atoms with Gasteiger partial charge in [-0.3, -0.25) is 0 Å². The summed E-state index contributed by atoms with van der Waals surface area (Å²) in [5.41, 5.74) is 3.68. The molecule has 2 nitrogen and oxygen atoms in total. The fourth-order valence-corrected chi connectivity index (χ4v) is 2.45. The second-order valence-corrected chi connectivity index (χ2v) is 5.79. The van der Waals surface area contributed by atoms with Crippen molar-refractivity contribution in [2.45, 2.75) is 13.5 Å². The monoisotopic (exact) mass is 326 g/mol. The third-order valence-corrected chi connectivity index (χ3v) is 3.82. The van der Waals surface area contributed by atoms with E-state index in [0.29, 0.717) is 0 Å². The van der Waals surface area contributed by atoms with Crippen LogP contribution in [0.1, 0.15) is 11.1 Å². The molecule has 0 fully saturated rings. The van der Waals surface area contributed by atoms with Crippen LogP contribution in [0.25, 0.3) is 11.4 Å². The molecular weight excluding hydrogens is 312 g/mol. The van der Waals surface area contributed by atoms with Crippen LogP contribution in [0.3, 0.4) is 0 Å². The molecule has 0 saturated heterocycles. The smallest absolute Gasteiger partial charge is 0.140 e. The van der Waals surface area contributed by atoms with Gasteiger partial charge in [-0.1, -0.05) is 57.9 Å². The fourth-order valence-electron chi connectivity index (χ4n) is 2.19. The number of imidazole rings is 1. The largest absolute Gasteiger partial charge is 0.327 e. The van der Waals surface area contributed by atoms with Gasteiger partial charge in [0, 0.05) is 29.0 Å². The molecule has 0 bridgehead atoms. The van der Waals surface area contributed by atoms with Crippen LogP contribution in [-0.2, 0) is 6.54 Å². The number of rotatable bonds is 3. The van der Waals surface area contributed by atoms with Crippen molar-refractivity contribution in [2.24, 2.45) is 0 Å². The number of halogens is 1. The maximum Gasteiger partial charge on any atom is 0.140 e. The molecule has 20 heavy (non-hydrogen) atoms. The summed E-state index contributed by atoms with van der Waals surface area (Å²) >= 11 is 3.46. The first kappa shape index (κ1) is 13.1. The molecule has 0 N–H and O–H groups in total. The minimum Gasteiger partial charge on any atom is -0.327 e. The summed E-state index contributed by atoms with van der Waals surface area (Å²) in [6.07, 6.45) is 3.88. The summed E-state index contributed by atoms with van der Waals surface area (Å²) in [6.45, 7) is 2.93. The standard InChI is InChI=1S/C17H15BrN2/c1-13-2-6-15(7-3-13)17-19-10-11-20(17)12-14-4-8-16(18)9-5-14/h2-11H,12H2,1H3. The number of nitrogens with zero attached hydrogens (tertiary/aromatic N) is 2. The van der Waals surface area contributed by atoms with Crippen LogP contribution in [0, 0.1) is 6.92 Å². The zero-order valence-electron chi connectivity index (χ0n) is 11.3. The molecule has 1 heterocycles. The van der Waals surface area contributed by atoms with Crippen LogP contribution in [0.5, 0.6) is 0 Å². The molecule has 2 aromatic carbocycles. The van der Waals surface area contributed by atoms with E-state index in [1.807, 2.05) is 12.4 Å². The van der Waals surface area contributed by atoms with E-state index >= 15 is 0 Å². The van der Waals surface area contributed by atoms with E-state index in [1.54, 1.807) is 0 Å². The van der Waals surface area contributed by atoms with E-state index in [4.69, 9.17) is 0 Å². The lowest BCUT2D eigenvalue weighted by molar-refractivity contribution is 0.807. The summed E-state index contributed by atoms with van der Waals surface area (Å²) in [5.74, 6) is 1.01. The van der Waals surface area contributed by atoms with Crippen LogP contribution in [-0.4, -0.2) is 9.55 Å². The summed E-state index contributed by atoms with van der Waals surface area (Å²) in [6, 6.07) is 16.9. The molecule has 0 spiro atoms. The minimum atomic E-state index is 0.830. The number of hydrogen-bond acceptors (Lipinski definition) is 1. The summed E-state index contributed by atoms with van der Waals surface area (Å²) < 4.78 is 3.28. The molecule has 0 unspecified atom stereocenters. The molecule has 0 amide bonds. The van der Waals surface area contributed by atoms with Gasteiger partial charge >= 0.3 is 0 Å². The van der Waals surface area contributed by atoms with Gasteiger partial charge in [-0.2, -0.15) is 0 Å². The maximum atomic E-state index is 4.48. The lowest BCUT2D eigenvalue weighted by Gasteiger charge is -2.08. The van der Waals surface area contributed by atoms with Crippen molar-refractivity contribution in [2.75, 3.05) is 0 Å². The first-order valence-electron chi connectivity index (χ1n) is 6.55. The minimum absolute atomic E-state index is 0.830. The van der Waals surface area contributed by atoms with Crippen molar-refractivity contribution in [1.29, 1.82) is 0 Å². The molecular formula is C17H15BrN2. The predicted molar refractivity (Wildman–Crippen MR) is 85.6 cm³/mol. The Morgan fingerprint density at radius 1 is 1.00 bits per heavy atom. The fraction of sp³-hybridized carbons (Fsp3) is 0.118. The average Bonchev–Trinajstić information content (AvgIpc) is 2.90.